The van der Waals surface area contributed by atoms with E-state index >= 15 is 0 Å². The fourth-order valence-electron chi connectivity index (χ4n) is 1.93. The summed E-state index contributed by atoms with van der Waals surface area (Å²) in [5, 5.41) is 11.7. The van der Waals surface area contributed by atoms with Gasteiger partial charge in [-0.15, -0.1) is 0 Å². The van der Waals surface area contributed by atoms with E-state index in [1.165, 1.54) is 6.07 Å². The molecule has 0 spiro atoms. The molecule has 1 amide bonds. The van der Waals surface area contributed by atoms with E-state index in [1.807, 2.05) is 0 Å². The molecule has 1 heterocycles. The third-order valence-electron chi connectivity index (χ3n) is 2.99. The van der Waals surface area contributed by atoms with Crippen LogP contribution in [0.25, 0.3) is 0 Å². The lowest BCUT2D eigenvalue weighted by Crippen LogP contribution is -2.31. The van der Waals surface area contributed by atoms with Gasteiger partial charge in [-0.05, 0) is 24.1 Å². The van der Waals surface area contributed by atoms with Crippen LogP contribution in [0.15, 0.2) is 23.2 Å². The number of aromatic hydroxyl groups is 1. The molecule has 7 heteroatoms. The fourth-order valence-corrected chi connectivity index (χ4v) is 1.93. The lowest BCUT2D eigenvalue weighted by atomic mass is 10.1. The number of hydrogen-bond donors (Lipinski definition) is 2. The largest absolute Gasteiger partial charge is 0.507 e. The van der Waals surface area contributed by atoms with Crippen molar-refractivity contribution in [1.29, 1.82) is 0 Å². The van der Waals surface area contributed by atoms with Gasteiger partial charge in [0.25, 0.3) is 5.91 Å². The Morgan fingerprint density at radius 2 is 2.00 bits per heavy atom. The number of aliphatic imine (C=N–C) groups is 1. The molecule has 1 aromatic carbocycles. The van der Waals surface area contributed by atoms with Crippen molar-refractivity contribution in [2.45, 2.75) is 26.1 Å². The van der Waals surface area contributed by atoms with Crippen LogP contribution in [0.5, 0.6) is 5.75 Å². The van der Waals surface area contributed by atoms with Gasteiger partial charge < -0.3 is 10.4 Å². The number of amidine groups is 1. The highest BCUT2D eigenvalue weighted by Crippen LogP contribution is 2.36. The van der Waals surface area contributed by atoms with E-state index in [2.05, 4.69) is 10.3 Å². The van der Waals surface area contributed by atoms with Crippen LogP contribution in [-0.2, 0) is 11.0 Å². The van der Waals surface area contributed by atoms with Gasteiger partial charge in [0.1, 0.15) is 17.6 Å². The summed E-state index contributed by atoms with van der Waals surface area (Å²) in [6.07, 6.45) is -4.67. The number of rotatable bonds is 2. The molecule has 1 unspecified atom stereocenters. The third-order valence-corrected chi connectivity index (χ3v) is 2.99. The van der Waals surface area contributed by atoms with Gasteiger partial charge in [0.05, 0.1) is 5.56 Å². The molecule has 0 aliphatic carbocycles. The monoisotopic (exact) mass is 286 g/mol. The van der Waals surface area contributed by atoms with Crippen LogP contribution >= 0.6 is 0 Å². The van der Waals surface area contributed by atoms with Crippen molar-refractivity contribution < 1.29 is 23.1 Å². The minimum Gasteiger partial charge on any atom is -0.507 e. The predicted molar refractivity (Wildman–Crippen MR) is 66.4 cm³/mol. The Balaban J connectivity index is 2.41. The second-order valence-corrected chi connectivity index (χ2v) is 4.89. The summed E-state index contributed by atoms with van der Waals surface area (Å²) >= 11 is 0. The number of halogens is 3. The molecule has 0 radical (unpaired) electrons. The number of phenolic OH excluding ortho intramolecular Hbond substituents is 1. The first-order valence-electron chi connectivity index (χ1n) is 5.99. The molecular formula is C13H13F3N2O2. The summed E-state index contributed by atoms with van der Waals surface area (Å²) in [7, 11) is 0. The summed E-state index contributed by atoms with van der Waals surface area (Å²) in [5.41, 5.74) is -1.04. The fraction of sp³-hybridized carbons (Fsp3) is 0.385. The maximum absolute atomic E-state index is 12.7. The Morgan fingerprint density at radius 3 is 2.50 bits per heavy atom. The van der Waals surface area contributed by atoms with Crippen molar-refractivity contribution in [2.75, 3.05) is 0 Å². The number of nitrogens with zero attached hydrogens (tertiary/aromatic N) is 1. The van der Waals surface area contributed by atoms with Gasteiger partial charge in [0.2, 0.25) is 0 Å². The van der Waals surface area contributed by atoms with Crippen molar-refractivity contribution in [3.05, 3.63) is 29.3 Å². The molecule has 4 nitrogen and oxygen atoms in total. The summed E-state index contributed by atoms with van der Waals surface area (Å²) in [4.78, 5) is 15.7. The number of alkyl halides is 3. The van der Waals surface area contributed by atoms with Crippen LogP contribution in [0.4, 0.5) is 13.2 Å². The molecule has 2 N–H and O–H groups in total. The smallest absolute Gasteiger partial charge is 0.419 e. The van der Waals surface area contributed by atoms with E-state index < -0.39 is 23.5 Å². The standard InChI is InChI=1S/C13H13F3N2O2/c1-6(2)10-12(20)18-11(17-10)7-3-4-9(19)8(5-7)13(14,15)16/h3-6,10,19H,1-2H3,(H,17,18,20). The first-order chi connectivity index (χ1) is 9.20. The van der Waals surface area contributed by atoms with Gasteiger partial charge in [-0.25, -0.2) is 0 Å². The van der Waals surface area contributed by atoms with E-state index in [4.69, 9.17) is 0 Å². The number of hydrogen-bond acceptors (Lipinski definition) is 3. The number of amides is 1. The Bertz CT molecular complexity index is 579. The normalized spacial score (nSPS) is 19.2. The summed E-state index contributed by atoms with van der Waals surface area (Å²) in [5.74, 6) is -1.14. The van der Waals surface area contributed by atoms with E-state index in [-0.39, 0.29) is 23.2 Å². The summed E-state index contributed by atoms with van der Waals surface area (Å²) in [6.45, 7) is 3.60. The predicted octanol–water partition coefficient (Wildman–Crippen LogP) is 2.31. The van der Waals surface area contributed by atoms with Crippen molar-refractivity contribution in [3.8, 4) is 5.75 Å². The molecule has 1 aromatic rings. The molecule has 0 fully saturated rings. The van der Waals surface area contributed by atoms with Crippen LogP contribution in [0.1, 0.15) is 25.0 Å². The Kier molecular flexibility index (Phi) is 3.45. The highest BCUT2D eigenvalue weighted by atomic mass is 19.4. The molecule has 2 rings (SSSR count). The van der Waals surface area contributed by atoms with Crippen molar-refractivity contribution in [1.82, 2.24) is 5.32 Å². The molecule has 0 saturated carbocycles. The highest BCUT2D eigenvalue weighted by Gasteiger charge is 2.35. The van der Waals surface area contributed by atoms with Gasteiger partial charge in [0.15, 0.2) is 0 Å². The zero-order valence-corrected chi connectivity index (χ0v) is 10.8. The quantitative estimate of drug-likeness (QED) is 0.876. The van der Waals surface area contributed by atoms with Gasteiger partial charge in [-0.1, -0.05) is 13.8 Å². The first-order valence-corrected chi connectivity index (χ1v) is 5.99. The SMILES string of the molecule is CC(C)C1N=C(c2ccc(O)c(C(F)(F)F)c2)NC1=O. The summed E-state index contributed by atoms with van der Waals surface area (Å²) < 4.78 is 38.1. The van der Waals surface area contributed by atoms with E-state index in [0.717, 1.165) is 12.1 Å². The zero-order chi connectivity index (χ0) is 15.1. The maximum Gasteiger partial charge on any atom is 0.419 e. The van der Waals surface area contributed by atoms with Crippen LogP contribution < -0.4 is 5.32 Å². The number of nitrogens with one attached hydrogen (secondary N) is 1. The first kappa shape index (κ1) is 14.4. The average Bonchev–Trinajstić information content (AvgIpc) is 2.70. The zero-order valence-electron chi connectivity index (χ0n) is 10.8. The minimum absolute atomic E-state index is 0.0494. The van der Waals surface area contributed by atoms with E-state index in [1.54, 1.807) is 13.8 Å². The maximum atomic E-state index is 12.7. The molecular weight excluding hydrogens is 273 g/mol. The van der Waals surface area contributed by atoms with Crippen LogP contribution in [-0.4, -0.2) is 22.9 Å². The molecule has 0 bridgehead atoms. The van der Waals surface area contributed by atoms with Crippen LogP contribution in [0.2, 0.25) is 0 Å². The Hall–Kier alpha value is -2.05. The van der Waals surface area contributed by atoms with Gasteiger partial charge in [-0.2, -0.15) is 13.2 Å². The Labute approximate surface area is 113 Å². The lowest BCUT2D eigenvalue weighted by molar-refractivity contribution is -0.138. The van der Waals surface area contributed by atoms with Crippen molar-refractivity contribution >= 4 is 11.7 Å². The van der Waals surface area contributed by atoms with Gasteiger partial charge >= 0.3 is 6.18 Å². The average molecular weight is 286 g/mol. The molecule has 108 valence electrons. The second kappa shape index (κ2) is 4.81. The molecule has 1 aliphatic rings. The summed E-state index contributed by atoms with van der Waals surface area (Å²) in [6, 6.07) is 2.40. The number of phenols is 1. The number of benzene rings is 1. The molecule has 20 heavy (non-hydrogen) atoms. The lowest BCUT2D eigenvalue weighted by Gasteiger charge is -2.10. The van der Waals surface area contributed by atoms with E-state index in [0.29, 0.717) is 0 Å². The van der Waals surface area contributed by atoms with Gasteiger partial charge in [0, 0.05) is 5.56 Å². The van der Waals surface area contributed by atoms with E-state index in [9.17, 15) is 23.1 Å². The van der Waals surface area contributed by atoms with Crippen LogP contribution in [0, 0.1) is 5.92 Å². The topological polar surface area (TPSA) is 61.7 Å². The van der Waals surface area contributed by atoms with Crippen molar-refractivity contribution in [3.63, 3.8) is 0 Å². The number of carbonyl (C=O) groups is 1. The van der Waals surface area contributed by atoms with Gasteiger partial charge in [-0.3, -0.25) is 9.79 Å². The molecule has 0 aromatic heterocycles. The van der Waals surface area contributed by atoms with Crippen molar-refractivity contribution in [2.24, 2.45) is 10.9 Å². The number of carbonyl (C=O) groups excluding carboxylic acids is 1. The second-order valence-electron chi connectivity index (χ2n) is 4.89. The molecule has 1 aliphatic heterocycles. The van der Waals surface area contributed by atoms with Crippen LogP contribution in [0.3, 0.4) is 0 Å². The third kappa shape index (κ3) is 2.61. The molecule has 0 saturated heterocycles. The highest BCUT2D eigenvalue weighted by molar-refractivity contribution is 6.13. The Morgan fingerprint density at radius 1 is 1.35 bits per heavy atom. The minimum atomic E-state index is -4.67. The molecule has 1 atom stereocenters.